The number of carbonyl (C=O) groups excluding carboxylic acids is 1. The molecule has 1 aromatic rings. The molecule has 0 fully saturated rings. The second-order valence-electron chi connectivity index (χ2n) is 8.44. The molecule has 8 heteroatoms. The molecule has 7 nitrogen and oxygen atoms in total. The van der Waals surface area contributed by atoms with Crippen molar-refractivity contribution in [2.45, 2.75) is 64.2 Å². The van der Waals surface area contributed by atoms with Gasteiger partial charge in [0.1, 0.15) is 5.56 Å². The lowest BCUT2D eigenvalue weighted by Crippen LogP contribution is -2.37. The van der Waals surface area contributed by atoms with Crippen LogP contribution in [0, 0.1) is 5.92 Å². The van der Waals surface area contributed by atoms with Crippen LogP contribution in [0.4, 0.5) is 0 Å². The maximum atomic E-state index is 13.3. The fourth-order valence-electron chi connectivity index (χ4n) is 3.80. The van der Waals surface area contributed by atoms with E-state index in [2.05, 4.69) is 28.8 Å². The summed E-state index contributed by atoms with van der Waals surface area (Å²) in [5, 5.41) is 8.35. The number of carbonyl (C=O) groups is 1. The molecule has 0 radical (unpaired) electrons. The Morgan fingerprint density at radius 2 is 1.94 bits per heavy atom. The molecule has 1 amide bonds. The van der Waals surface area contributed by atoms with Gasteiger partial charge in [-0.2, -0.15) is 4.68 Å². The first-order chi connectivity index (χ1) is 15.0. The van der Waals surface area contributed by atoms with Gasteiger partial charge in [0.25, 0.3) is 5.56 Å². The molecule has 0 saturated carbocycles. The van der Waals surface area contributed by atoms with Crippen molar-refractivity contribution in [2.75, 3.05) is 5.75 Å². The van der Waals surface area contributed by atoms with Gasteiger partial charge < -0.3 is 9.88 Å². The Morgan fingerprint density at radius 3 is 2.68 bits per heavy atom. The van der Waals surface area contributed by atoms with E-state index in [9.17, 15) is 9.59 Å². The third-order valence-electron chi connectivity index (χ3n) is 5.89. The minimum atomic E-state index is -0.126. The minimum absolute atomic E-state index is 0.00426. The predicted molar refractivity (Wildman–Crippen MR) is 123 cm³/mol. The normalized spacial score (nSPS) is 15.0. The van der Waals surface area contributed by atoms with Crippen molar-refractivity contribution >= 4 is 17.7 Å². The van der Waals surface area contributed by atoms with Crippen LogP contribution < -0.4 is 10.9 Å². The maximum Gasteiger partial charge on any atom is 0.284 e. The van der Waals surface area contributed by atoms with E-state index in [4.69, 9.17) is 4.98 Å². The van der Waals surface area contributed by atoms with Crippen molar-refractivity contribution in [3.05, 3.63) is 46.4 Å². The van der Waals surface area contributed by atoms with Gasteiger partial charge in [0.05, 0.1) is 11.4 Å². The summed E-state index contributed by atoms with van der Waals surface area (Å²) in [6.07, 6.45) is 4.00. The predicted octanol–water partition coefficient (Wildman–Crippen LogP) is 3.51. The average molecular weight is 440 g/mol. The van der Waals surface area contributed by atoms with Crippen LogP contribution in [0.1, 0.15) is 45.7 Å². The van der Waals surface area contributed by atoms with Crippen LogP contribution >= 0.6 is 11.8 Å². The molecule has 3 aliphatic heterocycles. The van der Waals surface area contributed by atoms with Gasteiger partial charge in [0.2, 0.25) is 5.91 Å². The van der Waals surface area contributed by atoms with Gasteiger partial charge in [-0.05, 0) is 44.2 Å². The number of hydrogen-bond acceptors (Lipinski definition) is 5. The number of hydrogen-bond donors (Lipinski definition) is 1. The van der Waals surface area contributed by atoms with Crippen LogP contribution in [-0.4, -0.2) is 37.0 Å². The van der Waals surface area contributed by atoms with E-state index < -0.39 is 0 Å². The number of fused-ring (bicyclic) bond motifs is 3. The third-order valence-corrected chi connectivity index (χ3v) is 6.86. The van der Waals surface area contributed by atoms with Crippen molar-refractivity contribution < 1.29 is 4.79 Å². The number of nitrogens with zero attached hydrogens (tertiary/aromatic N) is 4. The largest absolute Gasteiger partial charge is 0.353 e. The van der Waals surface area contributed by atoms with Crippen LogP contribution in [0.25, 0.3) is 17.1 Å². The first kappa shape index (κ1) is 21.6. The van der Waals surface area contributed by atoms with Gasteiger partial charge in [-0.25, -0.2) is 4.98 Å². The molecule has 0 bridgehead atoms. The summed E-state index contributed by atoms with van der Waals surface area (Å²) >= 11 is 1.42. The molecule has 0 unspecified atom stereocenters. The lowest BCUT2D eigenvalue weighted by molar-refractivity contribution is -0.119. The minimum Gasteiger partial charge on any atom is -0.353 e. The summed E-state index contributed by atoms with van der Waals surface area (Å²) in [6.45, 7) is 7.00. The summed E-state index contributed by atoms with van der Waals surface area (Å²) in [5.41, 5.74) is 2.20. The molecule has 164 valence electrons. The van der Waals surface area contributed by atoms with Gasteiger partial charge >= 0.3 is 0 Å². The third kappa shape index (κ3) is 4.54. The summed E-state index contributed by atoms with van der Waals surface area (Å²) < 4.78 is 3.58. The van der Waals surface area contributed by atoms with Gasteiger partial charge in [-0.15, -0.1) is 5.10 Å². The molecular formula is C23H29N5O2S. The first-order valence-corrected chi connectivity index (χ1v) is 11.9. The molecule has 0 aliphatic carbocycles. The molecule has 3 aliphatic rings. The molecule has 31 heavy (non-hydrogen) atoms. The van der Waals surface area contributed by atoms with Gasteiger partial charge in [0.15, 0.2) is 11.0 Å². The highest BCUT2D eigenvalue weighted by Gasteiger charge is 2.27. The SMILES string of the molecule is CC(C)[C@H](C)NC(=O)CSc1nc2nn(-c3ccccc3)c(=O)c-2c2n1CCCCC2. The lowest BCUT2D eigenvalue weighted by Gasteiger charge is -2.19. The summed E-state index contributed by atoms with van der Waals surface area (Å²) in [4.78, 5) is 30.4. The summed E-state index contributed by atoms with van der Waals surface area (Å²) in [7, 11) is 0. The fourth-order valence-corrected chi connectivity index (χ4v) is 4.65. The molecule has 0 spiro atoms. The molecule has 1 atom stereocenters. The number of benzene rings is 1. The Labute approximate surface area is 186 Å². The first-order valence-electron chi connectivity index (χ1n) is 11.0. The monoisotopic (exact) mass is 439 g/mol. The van der Waals surface area contributed by atoms with E-state index in [0.717, 1.165) is 48.8 Å². The van der Waals surface area contributed by atoms with Crippen LogP contribution in [0.15, 0.2) is 40.3 Å². The fraction of sp³-hybridized carbons (Fsp3) is 0.478. The molecule has 0 saturated heterocycles. The number of thioether (sulfide) groups is 1. The van der Waals surface area contributed by atoms with Crippen molar-refractivity contribution in [1.82, 2.24) is 24.6 Å². The zero-order valence-electron chi connectivity index (χ0n) is 18.3. The van der Waals surface area contributed by atoms with Crippen LogP contribution in [-0.2, 0) is 17.8 Å². The van der Waals surface area contributed by atoms with Crippen molar-refractivity contribution in [1.29, 1.82) is 0 Å². The van der Waals surface area contributed by atoms with Gasteiger partial charge in [-0.1, -0.05) is 50.2 Å². The topological polar surface area (TPSA) is 81.8 Å². The molecule has 1 aromatic carbocycles. The van der Waals surface area contributed by atoms with E-state index in [-0.39, 0.29) is 17.5 Å². The van der Waals surface area contributed by atoms with Crippen molar-refractivity contribution in [3.63, 3.8) is 0 Å². The highest BCUT2D eigenvalue weighted by Crippen LogP contribution is 2.30. The number of amides is 1. The standard InChI is InChI=1S/C23H29N5O2S/c1-15(2)16(3)24-19(29)14-31-23-25-21-20(18-12-8-5-9-13-27(18)23)22(30)28(26-21)17-10-6-4-7-11-17/h4,6-7,10-11,15-16H,5,8-9,12-14H2,1-3H3,(H,24,29)/t16-/m0/s1. The highest BCUT2D eigenvalue weighted by molar-refractivity contribution is 7.99. The van der Waals surface area contributed by atoms with Crippen molar-refractivity contribution in [3.8, 4) is 17.1 Å². The van der Waals surface area contributed by atoms with Crippen molar-refractivity contribution in [2.24, 2.45) is 5.92 Å². The van der Waals surface area contributed by atoms with E-state index in [1.165, 1.54) is 16.4 Å². The van der Waals surface area contributed by atoms with Gasteiger partial charge in [-0.3, -0.25) is 9.59 Å². The Hall–Kier alpha value is -2.61. The van der Waals surface area contributed by atoms with Crippen LogP contribution in [0.2, 0.25) is 0 Å². The second-order valence-corrected chi connectivity index (χ2v) is 9.39. The smallest absolute Gasteiger partial charge is 0.284 e. The number of rotatable bonds is 6. The lowest BCUT2D eigenvalue weighted by atomic mass is 10.1. The zero-order chi connectivity index (χ0) is 22.0. The molecule has 4 rings (SSSR count). The maximum absolute atomic E-state index is 13.3. The number of nitrogens with one attached hydrogen (secondary N) is 1. The van der Waals surface area contributed by atoms with Crippen LogP contribution in [0.3, 0.4) is 0 Å². The molecule has 1 N–H and O–H groups in total. The quantitative estimate of drug-likeness (QED) is 0.469. The number of para-hydroxylation sites is 1. The summed E-state index contributed by atoms with van der Waals surface area (Å²) in [6, 6.07) is 9.56. The number of aromatic nitrogens is 4. The average Bonchev–Trinajstić information content (AvgIpc) is 2.92. The van der Waals surface area contributed by atoms with E-state index in [1.807, 2.05) is 37.3 Å². The molecule has 0 aromatic heterocycles. The Morgan fingerprint density at radius 1 is 1.16 bits per heavy atom. The Kier molecular flexibility index (Phi) is 6.46. The Bertz CT molecular complexity index is 1090. The van der Waals surface area contributed by atoms with Gasteiger partial charge in [0, 0.05) is 18.3 Å². The van der Waals surface area contributed by atoms with E-state index in [1.54, 1.807) is 0 Å². The highest BCUT2D eigenvalue weighted by atomic mass is 32.2. The second kappa shape index (κ2) is 9.26. The Balaban J connectivity index is 1.71. The zero-order valence-corrected chi connectivity index (χ0v) is 19.1. The van der Waals surface area contributed by atoms with Crippen LogP contribution in [0.5, 0.6) is 0 Å². The van der Waals surface area contributed by atoms with E-state index in [0.29, 0.717) is 23.1 Å². The van der Waals surface area contributed by atoms with E-state index >= 15 is 0 Å². The molecular weight excluding hydrogens is 410 g/mol. The summed E-state index contributed by atoms with van der Waals surface area (Å²) in [5.74, 6) is 1.13. The molecule has 3 heterocycles.